The Balaban J connectivity index is 1.54. The molecule has 4 rings (SSSR count). The van der Waals surface area contributed by atoms with E-state index in [9.17, 15) is 14.0 Å². The van der Waals surface area contributed by atoms with E-state index in [0.29, 0.717) is 15.6 Å². The summed E-state index contributed by atoms with van der Waals surface area (Å²) in [6.07, 6.45) is 0.767. The highest BCUT2D eigenvalue weighted by atomic mass is 32.1. The van der Waals surface area contributed by atoms with Crippen LogP contribution in [0.4, 0.5) is 10.1 Å². The zero-order valence-corrected chi connectivity index (χ0v) is 16.9. The van der Waals surface area contributed by atoms with Gasteiger partial charge in [-0.15, -0.1) is 11.3 Å². The van der Waals surface area contributed by atoms with Gasteiger partial charge in [0.1, 0.15) is 10.7 Å². The standard InChI is InChI=1S/C22H20FNO4S/c1-13-10-14-6-3-4-8-17(14)24(13)19(25)12-28-22(26)21-15(11-27-2)20-16(23)7-5-9-18(20)29-21/h3-9,13H,10-12H2,1-2H3/t13-/m0/s1. The summed E-state index contributed by atoms with van der Waals surface area (Å²) in [7, 11) is 1.48. The van der Waals surface area contributed by atoms with Gasteiger partial charge in [-0.2, -0.15) is 0 Å². The Morgan fingerprint density at radius 1 is 1.21 bits per heavy atom. The second kappa shape index (κ2) is 7.93. The number of fused-ring (bicyclic) bond motifs is 2. The maximum atomic E-state index is 14.3. The number of carbonyl (C=O) groups excluding carboxylic acids is 2. The quantitative estimate of drug-likeness (QED) is 0.585. The highest BCUT2D eigenvalue weighted by Gasteiger charge is 2.31. The smallest absolute Gasteiger partial charge is 0.349 e. The normalized spacial score (nSPS) is 15.6. The van der Waals surface area contributed by atoms with Crippen molar-refractivity contribution in [3.63, 3.8) is 0 Å². The molecule has 0 radical (unpaired) electrons. The fraction of sp³-hybridized carbons (Fsp3) is 0.273. The van der Waals surface area contributed by atoms with Crippen LogP contribution in [0.3, 0.4) is 0 Å². The number of hydrogen-bond donors (Lipinski definition) is 0. The third-order valence-corrected chi connectivity index (χ3v) is 6.22. The maximum absolute atomic E-state index is 14.3. The summed E-state index contributed by atoms with van der Waals surface area (Å²) < 4.78 is 25.4. The van der Waals surface area contributed by atoms with Gasteiger partial charge in [0, 0.05) is 34.5 Å². The molecule has 2 heterocycles. The van der Waals surface area contributed by atoms with Crippen molar-refractivity contribution >= 4 is 39.0 Å². The molecule has 0 N–H and O–H groups in total. The number of esters is 1. The van der Waals surface area contributed by atoms with E-state index in [-0.39, 0.29) is 30.0 Å². The van der Waals surface area contributed by atoms with Gasteiger partial charge in [0.15, 0.2) is 6.61 Å². The summed E-state index contributed by atoms with van der Waals surface area (Å²) in [6.45, 7) is 1.67. The van der Waals surface area contributed by atoms with Crippen LogP contribution in [0.2, 0.25) is 0 Å². The van der Waals surface area contributed by atoms with E-state index in [0.717, 1.165) is 29.0 Å². The minimum Gasteiger partial charge on any atom is -0.451 e. The van der Waals surface area contributed by atoms with E-state index in [1.165, 1.54) is 13.2 Å². The number of amides is 1. The molecule has 150 valence electrons. The van der Waals surface area contributed by atoms with Crippen molar-refractivity contribution in [2.75, 3.05) is 18.6 Å². The Morgan fingerprint density at radius 3 is 2.79 bits per heavy atom. The Morgan fingerprint density at radius 2 is 2.00 bits per heavy atom. The van der Waals surface area contributed by atoms with E-state index in [1.54, 1.807) is 17.0 Å². The number of thiophene rings is 1. The van der Waals surface area contributed by atoms with Gasteiger partial charge in [0.05, 0.1) is 6.61 Å². The largest absolute Gasteiger partial charge is 0.451 e. The molecule has 1 aliphatic rings. The molecule has 1 aliphatic heterocycles. The third kappa shape index (κ3) is 3.52. The molecule has 0 fully saturated rings. The monoisotopic (exact) mass is 413 g/mol. The van der Waals surface area contributed by atoms with Crippen LogP contribution in [0.15, 0.2) is 42.5 Å². The van der Waals surface area contributed by atoms with Crippen molar-refractivity contribution in [1.82, 2.24) is 0 Å². The lowest BCUT2D eigenvalue weighted by Gasteiger charge is -2.22. The van der Waals surface area contributed by atoms with Gasteiger partial charge in [-0.05, 0) is 37.1 Å². The van der Waals surface area contributed by atoms with Gasteiger partial charge >= 0.3 is 5.97 Å². The molecular weight excluding hydrogens is 393 g/mol. The highest BCUT2D eigenvalue weighted by Crippen LogP contribution is 2.35. The zero-order valence-electron chi connectivity index (χ0n) is 16.1. The van der Waals surface area contributed by atoms with Gasteiger partial charge in [-0.25, -0.2) is 9.18 Å². The van der Waals surface area contributed by atoms with E-state index in [2.05, 4.69) is 0 Å². The van der Waals surface area contributed by atoms with Gasteiger partial charge in [0.2, 0.25) is 0 Å². The first kappa shape index (κ1) is 19.5. The number of nitrogens with zero attached hydrogens (tertiary/aromatic N) is 1. The Bertz CT molecular complexity index is 1090. The number of halogens is 1. The van der Waals surface area contributed by atoms with E-state index < -0.39 is 11.8 Å². The Labute approximate surface area is 171 Å². The molecule has 7 heteroatoms. The number of anilines is 1. The summed E-state index contributed by atoms with van der Waals surface area (Å²) in [6, 6.07) is 12.4. The van der Waals surface area contributed by atoms with Crippen molar-refractivity contribution in [2.45, 2.75) is 26.0 Å². The average molecular weight is 413 g/mol. The molecule has 0 bridgehead atoms. The molecule has 2 aromatic carbocycles. The van der Waals surface area contributed by atoms with Gasteiger partial charge < -0.3 is 14.4 Å². The topological polar surface area (TPSA) is 55.8 Å². The lowest BCUT2D eigenvalue weighted by molar-refractivity contribution is -0.122. The fourth-order valence-corrected chi connectivity index (χ4v) is 4.94. The fourth-order valence-electron chi connectivity index (χ4n) is 3.82. The van der Waals surface area contributed by atoms with Crippen molar-refractivity contribution in [3.05, 3.63) is 64.3 Å². The lowest BCUT2D eigenvalue weighted by Crippen LogP contribution is -2.38. The molecule has 3 aromatic rings. The van der Waals surface area contributed by atoms with Gasteiger partial charge in [0.25, 0.3) is 5.91 Å². The van der Waals surface area contributed by atoms with Crippen LogP contribution in [0.5, 0.6) is 0 Å². The van der Waals surface area contributed by atoms with E-state index in [4.69, 9.17) is 9.47 Å². The minimum absolute atomic E-state index is 0.000996. The summed E-state index contributed by atoms with van der Waals surface area (Å²) in [4.78, 5) is 27.4. The summed E-state index contributed by atoms with van der Waals surface area (Å²) in [5.74, 6) is -1.34. The number of para-hydroxylation sites is 1. The first-order valence-electron chi connectivity index (χ1n) is 9.27. The predicted molar refractivity (Wildman–Crippen MR) is 110 cm³/mol. The van der Waals surface area contributed by atoms with Crippen LogP contribution in [0.25, 0.3) is 10.1 Å². The second-order valence-corrected chi connectivity index (χ2v) is 8.03. The molecule has 0 saturated heterocycles. The van der Waals surface area contributed by atoms with E-state index >= 15 is 0 Å². The van der Waals surface area contributed by atoms with Crippen LogP contribution >= 0.6 is 11.3 Å². The van der Waals surface area contributed by atoms with Crippen molar-refractivity contribution < 1.29 is 23.5 Å². The SMILES string of the molecule is COCc1c(C(=O)OCC(=O)N2c3ccccc3C[C@@H]2C)sc2cccc(F)c12. The number of ether oxygens (including phenoxy) is 2. The molecule has 1 aromatic heterocycles. The highest BCUT2D eigenvalue weighted by molar-refractivity contribution is 7.21. The molecule has 1 atom stereocenters. The van der Waals surface area contributed by atoms with Crippen molar-refractivity contribution in [2.24, 2.45) is 0 Å². The molecular formula is C22H20FNO4S. The van der Waals surface area contributed by atoms with Crippen LogP contribution in [0, 0.1) is 5.82 Å². The number of methoxy groups -OCH3 is 1. The molecule has 5 nitrogen and oxygen atoms in total. The number of carbonyl (C=O) groups is 2. The van der Waals surface area contributed by atoms with Crippen LogP contribution in [0.1, 0.15) is 27.7 Å². The Kier molecular flexibility index (Phi) is 5.34. The minimum atomic E-state index is -0.647. The summed E-state index contributed by atoms with van der Waals surface area (Å²) in [5.41, 5.74) is 2.40. The first-order chi connectivity index (χ1) is 14.0. The summed E-state index contributed by atoms with van der Waals surface area (Å²) >= 11 is 1.14. The van der Waals surface area contributed by atoms with Crippen LogP contribution in [-0.4, -0.2) is 31.6 Å². The number of hydrogen-bond acceptors (Lipinski definition) is 5. The van der Waals surface area contributed by atoms with Crippen molar-refractivity contribution in [1.29, 1.82) is 0 Å². The Hall–Kier alpha value is -2.77. The molecule has 0 saturated carbocycles. The van der Waals surface area contributed by atoms with Crippen molar-refractivity contribution in [3.8, 4) is 0 Å². The maximum Gasteiger partial charge on any atom is 0.349 e. The number of rotatable bonds is 5. The molecule has 1 amide bonds. The lowest BCUT2D eigenvalue weighted by atomic mass is 10.1. The number of benzene rings is 2. The molecule has 0 spiro atoms. The third-order valence-electron chi connectivity index (χ3n) is 5.04. The average Bonchev–Trinajstić information content (AvgIpc) is 3.24. The molecule has 0 unspecified atom stereocenters. The van der Waals surface area contributed by atoms with Crippen LogP contribution < -0.4 is 4.90 Å². The summed E-state index contributed by atoms with van der Waals surface area (Å²) in [5, 5.41) is 0.361. The first-order valence-corrected chi connectivity index (χ1v) is 10.1. The van der Waals surface area contributed by atoms with E-state index in [1.807, 2.05) is 31.2 Å². The second-order valence-electron chi connectivity index (χ2n) is 6.98. The zero-order chi connectivity index (χ0) is 20.5. The van der Waals surface area contributed by atoms with Gasteiger partial charge in [-0.1, -0.05) is 24.3 Å². The van der Waals surface area contributed by atoms with Gasteiger partial charge in [-0.3, -0.25) is 4.79 Å². The predicted octanol–water partition coefficient (Wildman–Crippen LogP) is 4.32. The van der Waals surface area contributed by atoms with Crippen LogP contribution in [-0.2, 0) is 27.3 Å². The molecule has 0 aliphatic carbocycles. The molecule has 29 heavy (non-hydrogen) atoms.